The number of aliphatic hydroxyl groups excluding tert-OH is 1. The molecule has 0 aromatic heterocycles. The van der Waals surface area contributed by atoms with Crippen LogP contribution in [0.25, 0.3) is 0 Å². The minimum absolute atomic E-state index is 0. The summed E-state index contributed by atoms with van der Waals surface area (Å²) in [7, 11) is 0. The summed E-state index contributed by atoms with van der Waals surface area (Å²) in [5.74, 6) is 1.11. The van der Waals surface area contributed by atoms with Crippen molar-refractivity contribution in [2.45, 2.75) is 58.2 Å². The van der Waals surface area contributed by atoms with Crippen LogP contribution in [0.5, 0.6) is 0 Å². The smallest absolute Gasteiger partial charge is 0.222 e. The number of benzene rings is 1. The lowest BCUT2D eigenvalue weighted by Gasteiger charge is -2.29. The van der Waals surface area contributed by atoms with E-state index in [0.717, 1.165) is 77.5 Å². The number of aliphatic imine (C=N–C) groups is 1. The van der Waals surface area contributed by atoms with Crippen LogP contribution >= 0.6 is 24.0 Å². The highest BCUT2D eigenvalue weighted by atomic mass is 127. The van der Waals surface area contributed by atoms with Gasteiger partial charge >= 0.3 is 0 Å². The van der Waals surface area contributed by atoms with Crippen LogP contribution in [0.1, 0.15) is 50.2 Å². The maximum absolute atomic E-state index is 11.7. The van der Waals surface area contributed by atoms with E-state index in [1.165, 1.54) is 11.1 Å². The van der Waals surface area contributed by atoms with Crippen molar-refractivity contribution in [3.05, 3.63) is 35.4 Å². The molecule has 0 aliphatic carbocycles. The fraction of sp³-hybridized carbons (Fsp3) is 0.652. The van der Waals surface area contributed by atoms with Gasteiger partial charge < -0.3 is 20.6 Å². The first-order valence-electron chi connectivity index (χ1n) is 11.4. The van der Waals surface area contributed by atoms with Crippen molar-refractivity contribution in [1.29, 1.82) is 0 Å². The summed E-state index contributed by atoms with van der Waals surface area (Å²) >= 11 is 0. The molecule has 0 unspecified atom stereocenters. The molecule has 1 aromatic rings. The van der Waals surface area contributed by atoms with Gasteiger partial charge in [0, 0.05) is 52.2 Å². The van der Waals surface area contributed by atoms with Gasteiger partial charge in [0.05, 0.1) is 12.6 Å². The molecule has 3 N–H and O–H groups in total. The van der Waals surface area contributed by atoms with Crippen molar-refractivity contribution < 1.29 is 9.90 Å². The van der Waals surface area contributed by atoms with E-state index in [-0.39, 0.29) is 36.0 Å². The molecule has 0 spiro atoms. The van der Waals surface area contributed by atoms with Crippen molar-refractivity contribution in [3.8, 4) is 0 Å². The zero-order chi connectivity index (χ0) is 21.2. The fourth-order valence-corrected chi connectivity index (χ4v) is 4.01. The Morgan fingerprint density at radius 3 is 2.48 bits per heavy atom. The predicted octanol–water partition coefficient (Wildman–Crippen LogP) is 2.33. The number of guanidine groups is 1. The topological polar surface area (TPSA) is 80.2 Å². The van der Waals surface area contributed by atoms with Crippen LogP contribution < -0.4 is 10.6 Å². The zero-order valence-corrected chi connectivity index (χ0v) is 21.0. The Labute approximate surface area is 203 Å². The van der Waals surface area contributed by atoms with Gasteiger partial charge in [0.25, 0.3) is 0 Å². The van der Waals surface area contributed by atoms with Crippen LogP contribution in [0.15, 0.2) is 29.3 Å². The molecule has 0 bridgehead atoms. The number of halogens is 1. The number of carbonyl (C=O) groups excluding carboxylic acids is 1. The van der Waals surface area contributed by atoms with E-state index in [1.807, 2.05) is 4.90 Å². The monoisotopic (exact) mass is 543 g/mol. The van der Waals surface area contributed by atoms with Gasteiger partial charge in [0.2, 0.25) is 5.91 Å². The van der Waals surface area contributed by atoms with Gasteiger partial charge in [-0.2, -0.15) is 0 Å². The zero-order valence-electron chi connectivity index (χ0n) is 18.7. The Hall–Kier alpha value is -1.39. The Bertz CT molecular complexity index is 690. The van der Waals surface area contributed by atoms with Gasteiger partial charge in [-0.25, -0.2) is 4.99 Å². The van der Waals surface area contributed by atoms with E-state index < -0.39 is 0 Å². The summed E-state index contributed by atoms with van der Waals surface area (Å²) in [5, 5.41) is 16.3. The summed E-state index contributed by atoms with van der Waals surface area (Å²) in [6, 6.07) is 8.67. The lowest BCUT2D eigenvalue weighted by Crippen LogP contribution is -2.39. The summed E-state index contributed by atoms with van der Waals surface area (Å²) in [4.78, 5) is 20.7. The number of piperidine rings is 1. The number of carbonyl (C=O) groups is 1. The van der Waals surface area contributed by atoms with E-state index in [0.29, 0.717) is 13.0 Å². The molecular weight excluding hydrogens is 505 g/mol. The highest BCUT2D eigenvalue weighted by Gasteiger charge is 2.19. The number of aliphatic hydroxyl groups is 1. The molecule has 1 amide bonds. The van der Waals surface area contributed by atoms with Crippen LogP contribution in [0.4, 0.5) is 0 Å². The third kappa shape index (κ3) is 8.94. The van der Waals surface area contributed by atoms with Crippen molar-refractivity contribution in [2.75, 3.05) is 39.3 Å². The molecule has 174 valence electrons. The second-order valence-corrected chi connectivity index (χ2v) is 8.28. The standard InChI is InChI=1S/C23H37N5O2.HI/c1-2-24-23(25-12-4-14-28-13-3-5-22(28)30)26-17-19-6-8-20(9-7-19)18-27-15-10-21(29)11-16-27;/h6-9,21,29H,2-5,10-18H2,1H3,(H2,24,25,26);1H. The minimum atomic E-state index is -0.122. The van der Waals surface area contributed by atoms with Crippen molar-refractivity contribution >= 4 is 35.8 Å². The Morgan fingerprint density at radius 1 is 1.13 bits per heavy atom. The molecule has 2 aliphatic rings. The normalized spacial score (nSPS) is 18.2. The van der Waals surface area contributed by atoms with Crippen LogP contribution in [0.3, 0.4) is 0 Å². The molecule has 0 atom stereocenters. The molecule has 7 nitrogen and oxygen atoms in total. The molecular formula is C23H38IN5O2. The Kier molecular flexibility index (Phi) is 11.6. The third-order valence-electron chi connectivity index (χ3n) is 5.82. The highest BCUT2D eigenvalue weighted by molar-refractivity contribution is 14.0. The molecule has 2 heterocycles. The molecule has 8 heteroatoms. The SMILES string of the molecule is CCNC(=NCc1ccc(CN2CCC(O)CC2)cc1)NCCCN1CCCC1=O.I. The van der Waals surface area contributed by atoms with E-state index >= 15 is 0 Å². The maximum Gasteiger partial charge on any atom is 0.222 e. The number of nitrogens with one attached hydrogen (secondary N) is 2. The summed E-state index contributed by atoms with van der Waals surface area (Å²) in [5.41, 5.74) is 2.49. The largest absolute Gasteiger partial charge is 0.393 e. The first-order valence-corrected chi connectivity index (χ1v) is 11.4. The number of amides is 1. The van der Waals surface area contributed by atoms with Gasteiger partial charge in [0.15, 0.2) is 5.96 Å². The Morgan fingerprint density at radius 2 is 1.84 bits per heavy atom. The molecule has 2 saturated heterocycles. The van der Waals surface area contributed by atoms with Gasteiger partial charge in [-0.05, 0) is 43.7 Å². The number of hydrogen-bond donors (Lipinski definition) is 3. The molecule has 0 radical (unpaired) electrons. The van der Waals surface area contributed by atoms with Crippen molar-refractivity contribution in [3.63, 3.8) is 0 Å². The number of rotatable bonds is 9. The van der Waals surface area contributed by atoms with Crippen LogP contribution in [-0.4, -0.2) is 72.1 Å². The second kappa shape index (κ2) is 13.9. The van der Waals surface area contributed by atoms with Gasteiger partial charge in [-0.15, -0.1) is 24.0 Å². The van der Waals surface area contributed by atoms with Crippen molar-refractivity contribution in [2.24, 2.45) is 4.99 Å². The first kappa shape index (κ1) is 25.9. The predicted molar refractivity (Wildman–Crippen MR) is 136 cm³/mol. The quantitative estimate of drug-likeness (QED) is 0.193. The minimum Gasteiger partial charge on any atom is -0.393 e. The van der Waals surface area contributed by atoms with Gasteiger partial charge in [-0.3, -0.25) is 9.69 Å². The highest BCUT2D eigenvalue weighted by Crippen LogP contribution is 2.14. The maximum atomic E-state index is 11.7. The molecule has 0 saturated carbocycles. The average molecular weight is 543 g/mol. The van der Waals surface area contributed by atoms with Crippen molar-refractivity contribution in [1.82, 2.24) is 20.4 Å². The van der Waals surface area contributed by atoms with Gasteiger partial charge in [0.1, 0.15) is 0 Å². The van der Waals surface area contributed by atoms with E-state index in [9.17, 15) is 9.90 Å². The number of likely N-dealkylation sites (tertiary alicyclic amines) is 2. The Balaban J connectivity index is 0.00000341. The third-order valence-corrected chi connectivity index (χ3v) is 5.82. The van der Waals surface area contributed by atoms with E-state index in [1.54, 1.807) is 0 Å². The molecule has 1 aromatic carbocycles. The van der Waals surface area contributed by atoms with Gasteiger partial charge in [-0.1, -0.05) is 24.3 Å². The lowest BCUT2D eigenvalue weighted by atomic mass is 10.1. The summed E-state index contributed by atoms with van der Waals surface area (Å²) in [6.07, 6.45) is 4.26. The second-order valence-electron chi connectivity index (χ2n) is 8.28. The van der Waals surface area contributed by atoms with Crippen LogP contribution in [0, 0.1) is 0 Å². The van der Waals surface area contributed by atoms with E-state index in [4.69, 9.17) is 4.99 Å². The first-order chi connectivity index (χ1) is 14.6. The van der Waals surface area contributed by atoms with Crippen LogP contribution in [-0.2, 0) is 17.9 Å². The van der Waals surface area contributed by atoms with E-state index in [2.05, 4.69) is 46.7 Å². The average Bonchev–Trinajstić information content (AvgIpc) is 3.16. The number of nitrogens with zero attached hydrogens (tertiary/aromatic N) is 3. The molecule has 2 fully saturated rings. The summed E-state index contributed by atoms with van der Waals surface area (Å²) in [6.45, 7) is 8.93. The number of hydrogen-bond acceptors (Lipinski definition) is 4. The summed E-state index contributed by atoms with van der Waals surface area (Å²) < 4.78 is 0. The molecule has 2 aliphatic heterocycles. The molecule has 3 rings (SSSR count). The molecule has 31 heavy (non-hydrogen) atoms. The van der Waals surface area contributed by atoms with Crippen LogP contribution in [0.2, 0.25) is 0 Å². The fourth-order valence-electron chi connectivity index (χ4n) is 4.01. The lowest BCUT2D eigenvalue weighted by molar-refractivity contribution is -0.127.